The lowest BCUT2D eigenvalue weighted by molar-refractivity contribution is 0.114. The molecule has 2 saturated heterocycles. The highest BCUT2D eigenvalue weighted by Crippen LogP contribution is 2.36. The first-order chi connectivity index (χ1) is 15.3. The van der Waals surface area contributed by atoms with Crippen molar-refractivity contribution in [1.29, 1.82) is 0 Å². The maximum absolute atomic E-state index is 5.78. The van der Waals surface area contributed by atoms with Gasteiger partial charge in [-0.2, -0.15) is 0 Å². The average molecular weight is 546 g/mol. The minimum Gasteiger partial charge on any atom is -0.489 e. The van der Waals surface area contributed by atoms with Gasteiger partial charge in [-0.15, -0.1) is 24.0 Å². The van der Waals surface area contributed by atoms with E-state index in [-0.39, 0.29) is 24.0 Å². The van der Waals surface area contributed by atoms with E-state index >= 15 is 0 Å². The van der Waals surface area contributed by atoms with Crippen molar-refractivity contribution in [2.24, 2.45) is 4.99 Å². The van der Waals surface area contributed by atoms with Gasteiger partial charge in [0.2, 0.25) is 0 Å². The van der Waals surface area contributed by atoms with Gasteiger partial charge < -0.3 is 15.4 Å². The molecule has 0 saturated carbocycles. The Kier molecular flexibility index (Phi) is 9.41. The number of para-hydroxylation sites is 1. The third-order valence-electron chi connectivity index (χ3n) is 6.43. The predicted octanol–water partition coefficient (Wildman–Crippen LogP) is 4.73. The first-order valence-electron chi connectivity index (χ1n) is 11.3. The number of ether oxygens (including phenoxy) is 1. The quantitative estimate of drug-likeness (QED) is 0.218. The molecule has 2 aromatic rings. The summed E-state index contributed by atoms with van der Waals surface area (Å²) in [5.74, 6) is 1.75. The monoisotopic (exact) mass is 546 g/mol. The third kappa shape index (κ3) is 6.25. The van der Waals surface area contributed by atoms with E-state index in [1.807, 2.05) is 25.2 Å². The van der Waals surface area contributed by atoms with Crippen LogP contribution in [-0.2, 0) is 13.1 Å². The van der Waals surface area contributed by atoms with Gasteiger partial charge in [-0.25, -0.2) is 0 Å². The fourth-order valence-electron chi connectivity index (χ4n) is 4.95. The lowest BCUT2D eigenvalue weighted by Crippen LogP contribution is -2.52. The predicted molar refractivity (Wildman–Crippen MR) is 143 cm³/mol. The molecule has 5 nitrogen and oxygen atoms in total. The van der Waals surface area contributed by atoms with Crippen LogP contribution in [0, 0.1) is 0 Å². The van der Waals surface area contributed by atoms with Crippen LogP contribution in [0.5, 0.6) is 5.75 Å². The summed E-state index contributed by atoms with van der Waals surface area (Å²) in [6, 6.07) is 20.7. The zero-order valence-electron chi connectivity index (χ0n) is 18.9. The Morgan fingerprint density at radius 1 is 1.09 bits per heavy atom. The lowest BCUT2D eigenvalue weighted by atomic mass is 9.96. The molecule has 2 bridgehead atoms. The highest BCUT2D eigenvalue weighted by Gasteiger charge is 2.40. The summed E-state index contributed by atoms with van der Waals surface area (Å²) < 4.78 is 5.78. The van der Waals surface area contributed by atoms with Gasteiger partial charge >= 0.3 is 0 Å². The Labute approximate surface area is 209 Å². The van der Waals surface area contributed by atoms with Crippen molar-refractivity contribution in [3.63, 3.8) is 0 Å². The van der Waals surface area contributed by atoms with Crippen LogP contribution < -0.4 is 15.4 Å². The molecule has 4 rings (SSSR count). The van der Waals surface area contributed by atoms with Crippen molar-refractivity contribution in [3.05, 3.63) is 78.4 Å². The normalized spacial score (nSPS) is 22.7. The van der Waals surface area contributed by atoms with Crippen LogP contribution in [0.4, 0.5) is 0 Å². The van der Waals surface area contributed by atoms with Crippen LogP contribution in [0.2, 0.25) is 0 Å². The topological polar surface area (TPSA) is 48.9 Å². The van der Waals surface area contributed by atoms with E-state index in [0.29, 0.717) is 31.3 Å². The zero-order valence-corrected chi connectivity index (χ0v) is 21.2. The molecular weight excluding hydrogens is 511 g/mol. The van der Waals surface area contributed by atoms with Gasteiger partial charge in [0.05, 0.1) is 0 Å². The number of guanidine groups is 1. The molecule has 0 radical (unpaired) electrons. The van der Waals surface area contributed by atoms with E-state index in [0.717, 1.165) is 23.8 Å². The Hall–Kier alpha value is -2.06. The highest BCUT2D eigenvalue weighted by molar-refractivity contribution is 14.0. The number of benzene rings is 2. The molecule has 0 amide bonds. The molecule has 32 heavy (non-hydrogen) atoms. The number of hydrogen-bond acceptors (Lipinski definition) is 3. The summed E-state index contributed by atoms with van der Waals surface area (Å²) in [6.45, 7) is 5.98. The fourth-order valence-corrected chi connectivity index (χ4v) is 4.95. The van der Waals surface area contributed by atoms with Gasteiger partial charge in [-0.1, -0.05) is 61.2 Å². The smallest absolute Gasteiger partial charge is 0.191 e. The van der Waals surface area contributed by atoms with Crippen molar-refractivity contribution in [1.82, 2.24) is 15.5 Å². The van der Waals surface area contributed by atoms with Crippen LogP contribution in [0.25, 0.3) is 0 Å². The van der Waals surface area contributed by atoms with E-state index < -0.39 is 0 Å². The molecule has 2 aliphatic heterocycles. The molecule has 2 heterocycles. The third-order valence-corrected chi connectivity index (χ3v) is 6.43. The van der Waals surface area contributed by atoms with Crippen molar-refractivity contribution >= 4 is 29.9 Å². The number of aliphatic imine (C=N–C) groups is 1. The molecule has 2 unspecified atom stereocenters. The molecular formula is C26H35IN4O. The zero-order chi connectivity index (χ0) is 21.5. The number of rotatable bonds is 8. The number of halogens is 1. The summed E-state index contributed by atoms with van der Waals surface area (Å²) in [6.07, 6.45) is 6.71. The van der Waals surface area contributed by atoms with E-state index in [1.54, 1.807) is 6.08 Å². The maximum atomic E-state index is 5.78. The standard InChI is InChI=1S/C26H34N4O.HI/c1-3-15-31-25-12-8-7-11-21(25)18-28-26(27-2)29-22-16-23-13-14-24(17-22)30(23)19-20-9-5-4-6-10-20;/h3-12,22-24H,1,13-19H2,2H3,(H2,27,28,29);1H. The van der Waals surface area contributed by atoms with Crippen LogP contribution in [0.3, 0.4) is 0 Å². The first kappa shape index (κ1) is 24.6. The number of piperidine rings is 1. The fraction of sp³-hybridized carbons (Fsp3) is 0.423. The maximum Gasteiger partial charge on any atom is 0.191 e. The highest BCUT2D eigenvalue weighted by atomic mass is 127. The Morgan fingerprint density at radius 2 is 1.78 bits per heavy atom. The van der Waals surface area contributed by atoms with Gasteiger partial charge in [0.1, 0.15) is 12.4 Å². The van der Waals surface area contributed by atoms with Gasteiger partial charge in [-0.05, 0) is 37.3 Å². The van der Waals surface area contributed by atoms with Gasteiger partial charge in [0, 0.05) is 43.8 Å². The first-order valence-corrected chi connectivity index (χ1v) is 11.3. The van der Waals surface area contributed by atoms with Crippen molar-refractivity contribution in [2.45, 2.75) is 56.9 Å². The summed E-state index contributed by atoms with van der Waals surface area (Å²) >= 11 is 0. The van der Waals surface area contributed by atoms with Crippen LogP contribution in [0.15, 0.2) is 72.2 Å². The Morgan fingerprint density at radius 3 is 2.47 bits per heavy atom. The molecule has 0 spiro atoms. The second-order valence-electron chi connectivity index (χ2n) is 8.49. The molecule has 0 aliphatic carbocycles. The molecule has 2 atom stereocenters. The SMILES string of the molecule is C=CCOc1ccccc1CNC(=NC)NC1CC2CCC(C1)N2Cc1ccccc1.I. The number of fused-ring (bicyclic) bond motifs is 2. The van der Waals surface area contributed by atoms with Gasteiger partial charge in [0.25, 0.3) is 0 Å². The second kappa shape index (κ2) is 12.3. The Bertz CT molecular complexity index is 874. The van der Waals surface area contributed by atoms with Crippen molar-refractivity contribution in [3.8, 4) is 5.75 Å². The number of hydrogen-bond donors (Lipinski definition) is 2. The molecule has 2 fully saturated rings. The summed E-state index contributed by atoms with van der Waals surface area (Å²) in [4.78, 5) is 7.19. The summed E-state index contributed by atoms with van der Waals surface area (Å²) in [5.41, 5.74) is 2.53. The van der Waals surface area contributed by atoms with E-state index in [9.17, 15) is 0 Å². The molecule has 2 aromatic carbocycles. The van der Waals surface area contributed by atoms with Crippen molar-refractivity contribution < 1.29 is 4.74 Å². The van der Waals surface area contributed by atoms with Crippen molar-refractivity contribution in [2.75, 3.05) is 13.7 Å². The summed E-state index contributed by atoms with van der Waals surface area (Å²) in [7, 11) is 1.84. The number of nitrogens with zero attached hydrogens (tertiary/aromatic N) is 2. The molecule has 0 aromatic heterocycles. The minimum absolute atomic E-state index is 0. The van der Waals surface area contributed by atoms with E-state index in [1.165, 1.54) is 31.2 Å². The average Bonchev–Trinajstić information content (AvgIpc) is 3.03. The van der Waals surface area contributed by atoms with Crippen LogP contribution in [-0.4, -0.2) is 42.6 Å². The Balaban J connectivity index is 0.00000289. The largest absolute Gasteiger partial charge is 0.489 e. The second-order valence-corrected chi connectivity index (χ2v) is 8.49. The lowest BCUT2D eigenvalue weighted by Gasteiger charge is -2.39. The molecule has 2 N–H and O–H groups in total. The molecule has 6 heteroatoms. The van der Waals surface area contributed by atoms with Crippen LogP contribution >= 0.6 is 24.0 Å². The molecule has 172 valence electrons. The van der Waals surface area contributed by atoms with Gasteiger partial charge in [0.15, 0.2) is 5.96 Å². The number of nitrogens with one attached hydrogen (secondary N) is 2. The van der Waals surface area contributed by atoms with Crippen LogP contribution in [0.1, 0.15) is 36.8 Å². The van der Waals surface area contributed by atoms with Gasteiger partial charge in [-0.3, -0.25) is 9.89 Å². The van der Waals surface area contributed by atoms with E-state index in [4.69, 9.17) is 4.74 Å². The molecule has 2 aliphatic rings. The van der Waals surface area contributed by atoms with E-state index in [2.05, 4.69) is 63.5 Å². The summed E-state index contributed by atoms with van der Waals surface area (Å²) in [5, 5.41) is 7.15. The minimum atomic E-state index is 0.